The molecule has 1 aliphatic rings. The van der Waals surface area contributed by atoms with E-state index < -0.39 is 0 Å². The lowest BCUT2D eigenvalue weighted by atomic mass is 9.78. The van der Waals surface area contributed by atoms with E-state index in [9.17, 15) is 5.11 Å². The second-order valence-corrected chi connectivity index (χ2v) is 5.76. The standard InChI is InChI=1S/C16H14Cl2O/c17-14-7-5-10(9-15(14)18)11-6-8-16(19)13-4-2-1-3-12(11)13/h1-5,7,9,11,16,19H,6,8H2/t11?,16-/m0/s1. The number of aliphatic hydroxyl groups is 1. The van der Waals surface area contributed by atoms with E-state index in [0.717, 1.165) is 24.0 Å². The van der Waals surface area contributed by atoms with Gasteiger partial charge in [0.25, 0.3) is 0 Å². The van der Waals surface area contributed by atoms with E-state index in [1.54, 1.807) is 0 Å². The SMILES string of the molecule is O[C@H]1CCC(c2ccc(Cl)c(Cl)c2)c2ccccc21. The highest BCUT2D eigenvalue weighted by Gasteiger charge is 2.26. The molecule has 19 heavy (non-hydrogen) atoms. The molecule has 1 N–H and O–H groups in total. The molecule has 0 aliphatic heterocycles. The Morgan fingerprint density at radius 2 is 1.63 bits per heavy atom. The molecule has 0 aromatic heterocycles. The number of benzene rings is 2. The Morgan fingerprint density at radius 3 is 2.37 bits per heavy atom. The fraction of sp³-hybridized carbons (Fsp3) is 0.250. The molecule has 1 nitrogen and oxygen atoms in total. The molecule has 0 amide bonds. The molecule has 3 heteroatoms. The number of rotatable bonds is 1. The van der Waals surface area contributed by atoms with Gasteiger partial charge >= 0.3 is 0 Å². The molecule has 1 aliphatic carbocycles. The Hall–Kier alpha value is -1.02. The van der Waals surface area contributed by atoms with Crippen molar-refractivity contribution in [3.63, 3.8) is 0 Å². The Bertz CT molecular complexity index is 609. The van der Waals surface area contributed by atoms with Crippen molar-refractivity contribution >= 4 is 23.2 Å². The zero-order chi connectivity index (χ0) is 13.4. The van der Waals surface area contributed by atoms with Crippen molar-refractivity contribution in [1.29, 1.82) is 0 Å². The Morgan fingerprint density at radius 1 is 0.895 bits per heavy atom. The van der Waals surface area contributed by atoms with Gasteiger partial charge in [-0.25, -0.2) is 0 Å². The van der Waals surface area contributed by atoms with Crippen molar-refractivity contribution < 1.29 is 5.11 Å². The number of halogens is 2. The molecule has 1 unspecified atom stereocenters. The van der Waals surface area contributed by atoms with Gasteiger partial charge in [0.2, 0.25) is 0 Å². The molecule has 0 radical (unpaired) electrons. The maximum atomic E-state index is 10.1. The molecule has 2 aromatic rings. The van der Waals surface area contributed by atoms with Gasteiger partial charge in [-0.05, 0) is 41.7 Å². The highest BCUT2D eigenvalue weighted by Crippen LogP contribution is 2.42. The summed E-state index contributed by atoms with van der Waals surface area (Å²) < 4.78 is 0. The summed E-state index contributed by atoms with van der Waals surface area (Å²) in [4.78, 5) is 0. The second-order valence-electron chi connectivity index (χ2n) is 4.95. The van der Waals surface area contributed by atoms with Crippen LogP contribution in [0.1, 0.15) is 41.6 Å². The minimum absolute atomic E-state index is 0.286. The lowest BCUT2D eigenvalue weighted by molar-refractivity contribution is 0.153. The predicted molar refractivity (Wildman–Crippen MR) is 78.9 cm³/mol. The van der Waals surface area contributed by atoms with Crippen LogP contribution in [0.3, 0.4) is 0 Å². The Balaban J connectivity index is 2.07. The van der Waals surface area contributed by atoms with Gasteiger partial charge in [-0.1, -0.05) is 53.5 Å². The first-order valence-electron chi connectivity index (χ1n) is 6.38. The highest BCUT2D eigenvalue weighted by atomic mass is 35.5. The summed E-state index contributed by atoms with van der Waals surface area (Å²) in [7, 11) is 0. The molecule has 0 heterocycles. The van der Waals surface area contributed by atoms with Crippen LogP contribution in [0.2, 0.25) is 10.0 Å². The smallest absolute Gasteiger partial charge is 0.0793 e. The van der Waals surface area contributed by atoms with Crippen LogP contribution in [0, 0.1) is 0 Å². The third-order valence-corrected chi connectivity index (χ3v) is 4.54. The maximum absolute atomic E-state index is 10.1. The summed E-state index contributed by atoms with van der Waals surface area (Å²) >= 11 is 12.1. The molecule has 0 spiro atoms. The Kier molecular flexibility index (Phi) is 3.53. The molecule has 0 saturated carbocycles. The first kappa shape index (κ1) is 13.0. The summed E-state index contributed by atoms with van der Waals surface area (Å²) in [5.74, 6) is 0.286. The van der Waals surface area contributed by atoms with Gasteiger partial charge in [0.05, 0.1) is 16.1 Å². The van der Waals surface area contributed by atoms with E-state index in [0.29, 0.717) is 10.0 Å². The van der Waals surface area contributed by atoms with Gasteiger partial charge in [-0.3, -0.25) is 0 Å². The average molecular weight is 293 g/mol. The fourth-order valence-corrected chi connectivity index (χ4v) is 3.15. The third kappa shape index (κ3) is 2.38. The largest absolute Gasteiger partial charge is 0.388 e. The summed E-state index contributed by atoms with van der Waals surface area (Å²) in [5, 5.41) is 11.2. The van der Waals surface area contributed by atoms with Crippen LogP contribution in [-0.2, 0) is 0 Å². The van der Waals surface area contributed by atoms with Crippen LogP contribution in [0.5, 0.6) is 0 Å². The number of aliphatic hydroxyl groups excluding tert-OH is 1. The zero-order valence-corrected chi connectivity index (χ0v) is 11.8. The molecule has 3 rings (SSSR count). The maximum Gasteiger partial charge on any atom is 0.0793 e. The van der Waals surface area contributed by atoms with Crippen LogP contribution in [0.25, 0.3) is 0 Å². The van der Waals surface area contributed by atoms with E-state index in [2.05, 4.69) is 6.07 Å². The molecular weight excluding hydrogens is 279 g/mol. The first-order valence-corrected chi connectivity index (χ1v) is 7.14. The van der Waals surface area contributed by atoms with Gasteiger partial charge in [0, 0.05) is 5.92 Å². The van der Waals surface area contributed by atoms with Crippen LogP contribution in [0.15, 0.2) is 42.5 Å². The molecule has 0 saturated heterocycles. The minimum Gasteiger partial charge on any atom is -0.388 e. The quantitative estimate of drug-likeness (QED) is 0.788. The predicted octanol–water partition coefficient (Wildman–Crippen LogP) is 4.95. The number of hydrogen-bond donors (Lipinski definition) is 1. The van der Waals surface area contributed by atoms with E-state index in [1.807, 2.05) is 36.4 Å². The average Bonchev–Trinajstić information content (AvgIpc) is 2.43. The van der Waals surface area contributed by atoms with E-state index in [-0.39, 0.29) is 12.0 Å². The van der Waals surface area contributed by atoms with Crippen molar-refractivity contribution in [2.24, 2.45) is 0 Å². The fourth-order valence-electron chi connectivity index (χ4n) is 2.84. The van der Waals surface area contributed by atoms with Gasteiger partial charge in [0.15, 0.2) is 0 Å². The van der Waals surface area contributed by atoms with Gasteiger partial charge in [-0.15, -0.1) is 0 Å². The van der Waals surface area contributed by atoms with E-state index >= 15 is 0 Å². The van der Waals surface area contributed by atoms with Gasteiger partial charge in [0.1, 0.15) is 0 Å². The molecule has 2 atom stereocenters. The summed E-state index contributed by atoms with van der Waals surface area (Å²) in [6, 6.07) is 13.9. The van der Waals surface area contributed by atoms with Gasteiger partial charge < -0.3 is 5.11 Å². The van der Waals surface area contributed by atoms with Crippen molar-refractivity contribution in [2.45, 2.75) is 24.9 Å². The Labute approximate surface area is 122 Å². The minimum atomic E-state index is -0.352. The lowest BCUT2D eigenvalue weighted by Crippen LogP contribution is -2.15. The normalized spacial score (nSPS) is 22.1. The topological polar surface area (TPSA) is 20.2 Å². The third-order valence-electron chi connectivity index (χ3n) is 3.81. The van der Waals surface area contributed by atoms with Crippen molar-refractivity contribution in [3.05, 3.63) is 69.2 Å². The molecule has 0 bridgehead atoms. The van der Waals surface area contributed by atoms with Crippen LogP contribution < -0.4 is 0 Å². The summed E-state index contributed by atoms with van der Waals surface area (Å²) in [5.41, 5.74) is 3.39. The highest BCUT2D eigenvalue weighted by molar-refractivity contribution is 6.42. The first-order chi connectivity index (χ1) is 9.16. The lowest BCUT2D eigenvalue weighted by Gasteiger charge is -2.29. The van der Waals surface area contributed by atoms with E-state index in [4.69, 9.17) is 23.2 Å². The van der Waals surface area contributed by atoms with Crippen molar-refractivity contribution in [1.82, 2.24) is 0 Å². The van der Waals surface area contributed by atoms with Crippen molar-refractivity contribution in [3.8, 4) is 0 Å². The van der Waals surface area contributed by atoms with Crippen molar-refractivity contribution in [2.75, 3.05) is 0 Å². The zero-order valence-electron chi connectivity index (χ0n) is 10.3. The van der Waals surface area contributed by atoms with Crippen LogP contribution >= 0.6 is 23.2 Å². The summed E-state index contributed by atoms with van der Waals surface area (Å²) in [6.07, 6.45) is 1.35. The molecular formula is C16H14Cl2O. The second kappa shape index (κ2) is 5.16. The molecule has 2 aromatic carbocycles. The number of hydrogen-bond acceptors (Lipinski definition) is 1. The number of fused-ring (bicyclic) bond motifs is 1. The summed E-state index contributed by atoms with van der Waals surface area (Å²) in [6.45, 7) is 0. The van der Waals surface area contributed by atoms with Crippen LogP contribution in [0.4, 0.5) is 0 Å². The monoisotopic (exact) mass is 292 g/mol. The van der Waals surface area contributed by atoms with E-state index in [1.165, 1.54) is 5.56 Å². The molecule has 98 valence electrons. The van der Waals surface area contributed by atoms with Gasteiger partial charge in [-0.2, -0.15) is 0 Å². The van der Waals surface area contributed by atoms with Crippen LogP contribution in [-0.4, -0.2) is 5.11 Å². The molecule has 0 fully saturated rings.